The van der Waals surface area contributed by atoms with Gasteiger partial charge in [0.15, 0.2) is 0 Å². The third-order valence-electron chi connectivity index (χ3n) is 3.21. The summed E-state index contributed by atoms with van der Waals surface area (Å²) in [6.07, 6.45) is -2.33. The SMILES string of the molecule is C=CCOC1[C@H]2OC3OC([C@H]2O)[C@@H](O)[C@H]1O3. The molecule has 4 aliphatic rings. The van der Waals surface area contributed by atoms with E-state index in [1.165, 1.54) is 0 Å². The van der Waals surface area contributed by atoms with Gasteiger partial charge >= 0.3 is 0 Å². The van der Waals surface area contributed by atoms with Gasteiger partial charge in [0.05, 0.1) is 6.61 Å². The molecule has 4 bridgehead atoms. The molecule has 0 aromatic carbocycles. The van der Waals surface area contributed by atoms with E-state index in [2.05, 4.69) is 6.58 Å². The average molecular weight is 230 g/mol. The summed E-state index contributed by atoms with van der Waals surface area (Å²) in [5, 5.41) is 19.8. The second-order valence-corrected chi connectivity index (χ2v) is 4.16. The fraction of sp³-hybridized carbons (Fsp3) is 0.800. The van der Waals surface area contributed by atoms with Crippen LogP contribution in [0.4, 0.5) is 0 Å². The Labute approximate surface area is 92.4 Å². The summed E-state index contributed by atoms with van der Waals surface area (Å²) in [6, 6.07) is 0. The molecule has 3 aliphatic heterocycles. The molecule has 0 amide bonds. The molecule has 16 heavy (non-hydrogen) atoms. The van der Waals surface area contributed by atoms with Gasteiger partial charge in [-0.2, -0.15) is 0 Å². The van der Waals surface area contributed by atoms with Crippen molar-refractivity contribution in [3.05, 3.63) is 12.7 Å². The summed E-state index contributed by atoms with van der Waals surface area (Å²) in [5.41, 5.74) is 0. The quantitative estimate of drug-likeness (QED) is 0.590. The molecule has 3 unspecified atom stereocenters. The highest BCUT2D eigenvalue weighted by molar-refractivity contribution is 5.06. The second-order valence-electron chi connectivity index (χ2n) is 4.16. The van der Waals surface area contributed by atoms with Crippen LogP contribution in [0.15, 0.2) is 12.7 Å². The zero-order valence-corrected chi connectivity index (χ0v) is 8.56. The number of rotatable bonds is 3. The lowest BCUT2D eigenvalue weighted by Crippen LogP contribution is -2.75. The highest BCUT2D eigenvalue weighted by atomic mass is 16.9. The molecule has 90 valence electrons. The van der Waals surface area contributed by atoms with Crippen molar-refractivity contribution in [3.63, 3.8) is 0 Å². The Morgan fingerprint density at radius 1 is 1.06 bits per heavy atom. The highest BCUT2D eigenvalue weighted by Gasteiger charge is 2.61. The minimum atomic E-state index is -0.888. The van der Waals surface area contributed by atoms with E-state index in [4.69, 9.17) is 18.9 Å². The molecule has 7 atom stereocenters. The molecule has 3 saturated heterocycles. The van der Waals surface area contributed by atoms with E-state index in [9.17, 15) is 10.2 Å². The van der Waals surface area contributed by atoms with Crippen LogP contribution in [0, 0.1) is 0 Å². The number of aliphatic hydroxyl groups is 2. The maximum absolute atomic E-state index is 9.90. The Kier molecular flexibility index (Phi) is 2.50. The predicted octanol–water partition coefficient (Wildman–Crippen LogP) is -1.24. The van der Waals surface area contributed by atoms with Gasteiger partial charge in [0.1, 0.15) is 36.6 Å². The van der Waals surface area contributed by atoms with Gasteiger partial charge < -0.3 is 29.2 Å². The van der Waals surface area contributed by atoms with Crippen molar-refractivity contribution < 1.29 is 29.2 Å². The summed E-state index contributed by atoms with van der Waals surface area (Å²) in [4.78, 5) is 0. The summed E-state index contributed by atoms with van der Waals surface area (Å²) in [7, 11) is 0. The van der Waals surface area contributed by atoms with Crippen molar-refractivity contribution in [3.8, 4) is 0 Å². The lowest BCUT2D eigenvalue weighted by molar-refractivity contribution is -0.483. The van der Waals surface area contributed by atoms with Crippen molar-refractivity contribution in [2.45, 2.75) is 43.1 Å². The molecule has 0 spiro atoms. The van der Waals surface area contributed by atoms with E-state index in [-0.39, 0.29) is 0 Å². The van der Waals surface area contributed by atoms with Crippen molar-refractivity contribution in [1.29, 1.82) is 0 Å². The molecule has 6 nitrogen and oxygen atoms in total. The first-order valence-electron chi connectivity index (χ1n) is 5.27. The summed E-state index contributed by atoms with van der Waals surface area (Å²) in [5.74, 6) is 0. The molecule has 0 aromatic rings. The molecule has 2 N–H and O–H groups in total. The third kappa shape index (κ3) is 1.35. The molecule has 4 rings (SSSR count). The van der Waals surface area contributed by atoms with Crippen LogP contribution in [0.2, 0.25) is 0 Å². The maximum Gasteiger partial charge on any atom is 0.272 e. The second kappa shape index (κ2) is 3.76. The number of hydrogen-bond acceptors (Lipinski definition) is 6. The van der Waals surface area contributed by atoms with E-state index in [0.717, 1.165) is 0 Å². The predicted molar refractivity (Wildman–Crippen MR) is 50.4 cm³/mol. The minimum absolute atomic E-state index is 0.319. The Balaban J connectivity index is 1.82. The van der Waals surface area contributed by atoms with Crippen LogP contribution in [0.3, 0.4) is 0 Å². The fourth-order valence-electron chi connectivity index (χ4n) is 2.48. The van der Waals surface area contributed by atoms with Crippen molar-refractivity contribution in [2.75, 3.05) is 6.61 Å². The molecular formula is C10H14O6. The van der Waals surface area contributed by atoms with Crippen LogP contribution >= 0.6 is 0 Å². The molecule has 4 fully saturated rings. The van der Waals surface area contributed by atoms with Crippen molar-refractivity contribution in [1.82, 2.24) is 0 Å². The van der Waals surface area contributed by atoms with Crippen LogP contribution in [-0.2, 0) is 18.9 Å². The van der Waals surface area contributed by atoms with E-state index in [1.54, 1.807) is 6.08 Å². The van der Waals surface area contributed by atoms with E-state index < -0.39 is 43.1 Å². The van der Waals surface area contributed by atoms with Gasteiger partial charge in [-0.3, -0.25) is 0 Å². The van der Waals surface area contributed by atoms with Crippen LogP contribution in [0.1, 0.15) is 0 Å². The highest BCUT2D eigenvalue weighted by Crippen LogP contribution is 2.40. The Bertz CT molecular complexity index is 275. The normalized spacial score (nSPS) is 54.2. The van der Waals surface area contributed by atoms with Gasteiger partial charge in [0.2, 0.25) is 0 Å². The standard InChI is InChI=1S/C10H14O6/c1-2-3-13-9-7-4(11)6-5(12)8(9)16-10(14-6)15-7/h2,4-12H,1,3H2/t4-,5-,6?,7-,8+,9?,10?/m1/s1. The van der Waals surface area contributed by atoms with Crippen molar-refractivity contribution in [2.24, 2.45) is 0 Å². The van der Waals surface area contributed by atoms with Crippen LogP contribution in [-0.4, -0.2) is 59.9 Å². The molecule has 6 heteroatoms. The first-order valence-corrected chi connectivity index (χ1v) is 5.27. The monoisotopic (exact) mass is 230 g/mol. The van der Waals surface area contributed by atoms with E-state index in [1.807, 2.05) is 0 Å². The zero-order valence-electron chi connectivity index (χ0n) is 8.56. The average Bonchev–Trinajstić information content (AvgIpc) is 2.29. The van der Waals surface area contributed by atoms with Gasteiger partial charge in [-0.05, 0) is 0 Å². The van der Waals surface area contributed by atoms with Gasteiger partial charge in [-0.1, -0.05) is 6.08 Å². The van der Waals surface area contributed by atoms with E-state index in [0.29, 0.717) is 6.61 Å². The summed E-state index contributed by atoms with van der Waals surface area (Å²) >= 11 is 0. The number of ether oxygens (including phenoxy) is 4. The Morgan fingerprint density at radius 2 is 1.62 bits per heavy atom. The molecule has 1 aliphatic carbocycles. The lowest BCUT2D eigenvalue weighted by atomic mass is 9.82. The molecule has 3 heterocycles. The molecule has 0 radical (unpaired) electrons. The van der Waals surface area contributed by atoms with Crippen LogP contribution in [0.25, 0.3) is 0 Å². The van der Waals surface area contributed by atoms with Crippen LogP contribution < -0.4 is 0 Å². The zero-order chi connectivity index (χ0) is 11.3. The van der Waals surface area contributed by atoms with Gasteiger partial charge in [0.25, 0.3) is 6.48 Å². The third-order valence-corrected chi connectivity index (χ3v) is 3.21. The first-order chi connectivity index (χ1) is 7.72. The smallest absolute Gasteiger partial charge is 0.272 e. The van der Waals surface area contributed by atoms with Crippen LogP contribution in [0.5, 0.6) is 0 Å². The minimum Gasteiger partial charge on any atom is -0.387 e. The van der Waals surface area contributed by atoms with Crippen molar-refractivity contribution >= 4 is 0 Å². The molecular weight excluding hydrogens is 216 g/mol. The summed E-state index contributed by atoms with van der Waals surface area (Å²) < 4.78 is 21.3. The first kappa shape index (κ1) is 10.6. The number of hydrogen-bond donors (Lipinski definition) is 2. The Morgan fingerprint density at radius 3 is 2.19 bits per heavy atom. The van der Waals surface area contributed by atoms with E-state index >= 15 is 0 Å². The largest absolute Gasteiger partial charge is 0.387 e. The molecule has 0 aromatic heterocycles. The van der Waals surface area contributed by atoms with Gasteiger partial charge in [0, 0.05) is 0 Å². The number of aliphatic hydroxyl groups excluding tert-OH is 2. The van der Waals surface area contributed by atoms with Gasteiger partial charge in [-0.15, -0.1) is 6.58 Å². The van der Waals surface area contributed by atoms with Gasteiger partial charge in [-0.25, -0.2) is 0 Å². The molecule has 1 saturated carbocycles. The lowest BCUT2D eigenvalue weighted by Gasteiger charge is -2.56. The topological polar surface area (TPSA) is 77.4 Å². The maximum atomic E-state index is 9.90. The Hall–Kier alpha value is -0.500. The fourth-order valence-corrected chi connectivity index (χ4v) is 2.48. The summed E-state index contributed by atoms with van der Waals surface area (Å²) in [6.45, 7) is 3.07.